The summed E-state index contributed by atoms with van der Waals surface area (Å²) >= 11 is 1.33. The van der Waals surface area contributed by atoms with Gasteiger partial charge in [-0.2, -0.15) is 0 Å². The van der Waals surface area contributed by atoms with Gasteiger partial charge in [-0.3, -0.25) is 9.89 Å². The van der Waals surface area contributed by atoms with Crippen molar-refractivity contribution in [3.63, 3.8) is 0 Å². The monoisotopic (exact) mass is 408 g/mol. The van der Waals surface area contributed by atoms with Crippen LogP contribution in [0.15, 0.2) is 59.8 Å². The molecule has 6 heteroatoms. The number of carbonyl (C=O) groups is 1. The molecule has 29 heavy (non-hydrogen) atoms. The van der Waals surface area contributed by atoms with Gasteiger partial charge >= 0.3 is 0 Å². The molecule has 1 atom stereocenters. The highest BCUT2D eigenvalue weighted by Crippen LogP contribution is 2.25. The molecule has 0 saturated heterocycles. The number of carbonyl (C=O) groups excluding carboxylic acids is 1. The summed E-state index contributed by atoms with van der Waals surface area (Å²) in [6, 6.07) is 18.3. The Morgan fingerprint density at radius 1 is 1.00 bits per heavy atom. The number of amides is 1. The Morgan fingerprint density at radius 3 is 2.28 bits per heavy atom. The van der Waals surface area contributed by atoms with Crippen LogP contribution in [0.3, 0.4) is 0 Å². The molecule has 0 aliphatic carbocycles. The molecule has 0 bridgehead atoms. The molecule has 1 heterocycles. The van der Waals surface area contributed by atoms with E-state index >= 15 is 0 Å². The molecule has 0 spiro atoms. The minimum Gasteiger partial charge on any atom is -0.348 e. The van der Waals surface area contributed by atoms with Crippen molar-refractivity contribution in [2.45, 2.75) is 44.8 Å². The van der Waals surface area contributed by atoms with Crippen molar-refractivity contribution in [2.24, 2.45) is 5.92 Å². The Balaban J connectivity index is 1.59. The van der Waals surface area contributed by atoms with Crippen LogP contribution >= 0.6 is 11.8 Å². The average Bonchev–Trinajstić information content (AvgIpc) is 3.20. The average molecular weight is 409 g/mol. The number of hydrogen-bond acceptors (Lipinski definition) is 4. The van der Waals surface area contributed by atoms with Crippen molar-refractivity contribution in [2.75, 3.05) is 5.75 Å². The van der Waals surface area contributed by atoms with E-state index in [9.17, 15) is 4.79 Å². The predicted molar refractivity (Wildman–Crippen MR) is 119 cm³/mol. The van der Waals surface area contributed by atoms with Crippen molar-refractivity contribution in [3.8, 4) is 11.4 Å². The quantitative estimate of drug-likeness (QED) is 0.503. The van der Waals surface area contributed by atoms with Crippen LogP contribution in [0.25, 0.3) is 11.4 Å². The molecule has 0 unspecified atom stereocenters. The third-order valence-electron chi connectivity index (χ3n) is 4.79. The molecule has 3 rings (SSSR count). The molecule has 1 amide bonds. The van der Waals surface area contributed by atoms with E-state index in [0.717, 1.165) is 11.1 Å². The van der Waals surface area contributed by atoms with Crippen LogP contribution in [-0.4, -0.2) is 26.8 Å². The van der Waals surface area contributed by atoms with Gasteiger partial charge in [0, 0.05) is 5.56 Å². The summed E-state index contributed by atoms with van der Waals surface area (Å²) in [4.78, 5) is 17.0. The second-order valence-corrected chi connectivity index (χ2v) is 8.67. The molecule has 2 N–H and O–H groups in total. The van der Waals surface area contributed by atoms with Crippen LogP contribution in [0.1, 0.15) is 50.8 Å². The molecule has 0 aliphatic rings. The Morgan fingerprint density at radius 2 is 1.66 bits per heavy atom. The highest BCUT2D eigenvalue weighted by molar-refractivity contribution is 7.99. The summed E-state index contributed by atoms with van der Waals surface area (Å²) in [5.74, 6) is 1.75. The highest BCUT2D eigenvalue weighted by atomic mass is 32.2. The van der Waals surface area contributed by atoms with Crippen LogP contribution < -0.4 is 5.32 Å². The molecule has 0 aliphatic heterocycles. The summed E-state index contributed by atoms with van der Waals surface area (Å²) in [5.41, 5.74) is 3.41. The number of aromatic amines is 1. The minimum absolute atomic E-state index is 0.0173. The van der Waals surface area contributed by atoms with Gasteiger partial charge in [0.05, 0.1) is 11.8 Å². The second kappa shape index (κ2) is 9.74. The van der Waals surface area contributed by atoms with E-state index in [4.69, 9.17) is 0 Å². The zero-order valence-corrected chi connectivity index (χ0v) is 18.2. The van der Waals surface area contributed by atoms with Crippen molar-refractivity contribution in [1.29, 1.82) is 0 Å². The van der Waals surface area contributed by atoms with E-state index in [1.54, 1.807) is 0 Å². The first-order chi connectivity index (χ1) is 13.9. The lowest BCUT2D eigenvalue weighted by Crippen LogP contribution is -2.33. The van der Waals surface area contributed by atoms with Gasteiger partial charge in [0.2, 0.25) is 11.1 Å². The third-order valence-corrected chi connectivity index (χ3v) is 5.64. The molecule has 2 aromatic carbocycles. The maximum absolute atomic E-state index is 12.6. The lowest BCUT2D eigenvalue weighted by molar-refractivity contribution is -0.119. The van der Waals surface area contributed by atoms with Crippen molar-refractivity contribution in [1.82, 2.24) is 20.5 Å². The highest BCUT2D eigenvalue weighted by Gasteiger charge is 2.19. The predicted octanol–water partition coefficient (Wildman–Crippen LogP) is 5.20. The zero-order chi connectivity index (χ0) is 20.8. The van der Waals surface area contributed by atoms with Gasteiger partial charge in [-0.05, 0) is 23.0 Å². The van der Waals surface area contributed by atoms with E-state index in [2.05, 4.69) is 72.5 Å². The van der Waals surface area contributed by atoms with Gasteiger partial charge in [-0.25, -0.2) is 4.98 Å². The summed E-state index contributed by atoms with van der Waals surface area (Å²) in [7, 11) is 0. The standard InChI is InChI=1S/C23H28N4OS/c1-15(2)17-10-12-18(13-11-17)21(16(3)4)24-20(28)14-29-23-25-22(26-27-23)19-8-6-5-7-9-19/h5-13,15-16,21H,14H2,1-4H3,(H,24,28)(H,25,26,27)/t21-/m0/s1. The van der Waals surface area contributed by atoms with Crippen molar-refractivity contribution >= 4 is 17.7 Å². The number of benzene rings is 2. The summed E-state index contributed by atoms with van der Waals surface area (Å²) in [6.45, 7) is 8.60. The van der Waals surface area contributed by atoms with Gasteiger partial charge in [0.25, 0.3) is 0 Å². The molecule has 0 fully saturated rings. The van der Waals surface area contributed by atoms with Crippen molar-refractivity contribution in [3.05, 3.63) is 65.7 Å². The summed E-state index contributed by atoms with van der Waals surface area (Å²) in [6.07, 6.45) is 0. The Labute approximate surface area is 176 Å². The first kappa shape index (κ1) is 21.1. The molecule has 0 saturated carbocycles. The minimum atomic E-state index is -0.0207. The number of aromatic nitrogens is 3. The van der Waals surface area contributed by atoms with Gasteiger partial charge in [-0.1, -0.05) is 94.1 Å². The summed E-state index contributed by atoms with van der Waals surface area (Å²) < 4.78 is 0. The molecule has 5 nitrogen and oxygen atoms in total. The smallest absolute Gasteiger partial charge is 0.230 e. The van der Waals surface area contributed by atoms with Crippen LogP contribution in [0, 0.1) is 5.92 Å². The topological polar surface area (TPSA) is 70.7 Å². The van der Waals surface area contributed by atoms with Crippen molar-refractivity contribution < 1.29 is 4.79 Å². The molecule has 3 aromatic rings. The number of H-pyrrole nitrogens is 1. The van der Waals surface area contributed by atoms with E-state index in [-0.39, 0.29) is 17.7 Å². The third kappa shape index (κ3) is 5.70. The fourth-order valence-electron chi connectivity index (χ4n) is 3.10. The van der Waals surface area contributed by atoms with Crippen LogP contribution in [-0.2, 0) is 4.79 Å². The van der Waals surface area contributed by atoms with Crippen LogP contribution in [0.2, 0.25) is 0 Å². The Bertz CT molecular complexity index is 920. The Hall–Kier alpha value is -2.60. The second-order valence-electron chi connectivity index (χ2n) is 7.73. The maximum atomic E-state index is 12.6. The first-order valence-electron chi connectivity index (χ1n) is 9.94. The number of nitrogens with zero attached hydrogens (tertiary/aromatic N) is 2. The van der Waals surface area contributed by atoms with E-state index in [1.807, 2.05) is 30.3 Å². The molecule has 0 radical (unpaired) electrons. The Kier molecular flexibility index (Phi) is 7.09. The lowest BCUT2D eigenvalue weighted by atomic mass is 9.93. The lowest BCUT2D eigenvalue weighted by Gasteiger charge is -2.23. The van der Waals surface area contributed by atoms with Crippen LogP contribution in [0.5, 0.6) is 0 Å². The van der Waals surface area contributed by atoms with E-state index < -0.39 is 0 Å². The van der Waals surface area contributed by atoms with E-state index in [0.29, 0.717) is 22.8 Å². The number of thioether (sulfide) groups is 1. The molecular weight excluding hydrogens is 380 g/mol. The van der Waals surface area contributed by atoms with E-state index in [1.165, 1.54) is 17.3 Å². The number of hydrogen-bond donors (Lipinski definition) is 2. The SMILES string of the molecule is CC(C)c1ccc([C@@H](NC(=O)CSc2n[nH]c(-c3ccccc3)n2)C(C)C)cc1. The fourth-order valence-corrected chi connectivity index (χ4v) is 3.71. The largest absolute Gasteiger partial charge is 0.348 e. The van der Waals surface area contributed by atoms with Gasteiger partial charge in [0.15, 0.2) is 5.82 Å². The number of nitrogens with one attached hydrogen (secondary N) is 2. The number of rotatable bonds is 8. The maximum Gasteiger partial charge on any atom is 0.230 e. The first-order valence-corrected chi connectivity index (χ1v) is 10.9. The zero-order valence-electron chi connectivity index (χ0n) is 17.3. The summed E-state index contributed by atoms with van der Waals surface area (Å²) in [5, 5.41) is 10.9. The van der Waals surface area contributed by atoms with Gasteiger partial charge in [0.1, 0.15) is 0 Å². The molecule has 152 valence electrons. The molecule has 1 aromatic heterocycles. The fraction of sp³-hybridized carbons (Fsp3) is 0.348. The van der Waals surface area contributed by atoms with Crippen LogP contribution in [0.4, 0.5) is 0 Å². The molecular formula is C23H28N4OS. The van der Waals surface area contributed by atoms with Gasteiger partial charge < -0.3 is 5.32 Å². The van der Waals surface area contributed by atoms with Gasteiger partial charge in [-0.15, -0.1) is 5.10 Å². The normalized spacial score (nSPS) is 12.3.